The molecule has 22 heavy (non-hydrogen) atoms. The van der Waals surface area contributed by atoms with Gasteiger partial charge >= 0.3 is 6.09 Å². The van der Waals surface area contributed by atoms with E-state index in [0.717, 1.165) is 26.1 Å². The highest BCUT2D eigenvalue weighted by molar-refractivity contribution is 5.68. The average Bonchev–Trinajstić information content (AvgIpc) is 2.44. The summed E-state index contributed by atoms with van der Waals surface area (Å²) < 4.78 is 5.49. The van der Waals surface area contributed by atoms with Gasteiger partial charge in [0.05, 0.1) is 0 Å². The first-order valence-electron chi connectivity index (χ1n) is 9.07. The lowest BCUT2D eigenvalue weighted by molar-refractivity contribution is 0.0165. The molecule has 1 aliphatic rings. The van der Waals surface area contributed by atoms with Crippen molar-refractivity contribution in [3.63, 3.8) is 0 Å². The van der Waals surface area contributed by atoms with Crippen molar-refractivity contribution < 1.29 is 9.53 Å². The fourth-order valence-electron chi connectivity index (χ4n) is 3.10. The van der Waals surface area contributed by atoms with Crippen LogP contribution < -0.4 is 5.32 Å². The first kappa shape index (κ1) is 19.3. The first-order valence-corrected chi connectivity index (χ1v) is 9.07. The Kier molecular flexibility index (Phi) is 8.23. The Morgan fingerprint density at radius 2 is 1.91 bits per heavy atom. The maximum Gasteiger partial charge on any atom is 0.410 e. The van der Waals surface area contributed by atoms with Crippen molar-refractivity contribution in [2.75, 3.05) is 19.6 Å². The van der Waals surface area contributed by atoms with Gasteiger partial charge in [0.1, 0.15) is 5.60 Å². The molecule has 1 rings (SSSR count). The van der Waals surface area contributed by atoms with Crippen molar-refractivity contribution in [1.29, 1.82) is 0 Å². The largest absolute Gasteiger partial charge is 0.444 e. The van der Waals surface area contributed by atoms with Gasteiger partial charge in [-0.05, 0) is 58.9 Å². The third kappa shape index (κ3) is 7.48. The number of nitrogens with zero attached hydrogens (tertiary/aromatic N) is 1. The molecule has 0 aromatic rings. The molecule has 1 aliphatic heterocycles. The number of ether oxygens (including phenoxy) is 1. The minimum Gasteiger partial charge on any atom is -0.444 e. The topological polar surface area (TPSA) is 41.6 Å². The van der Waals surface area contributed by atoms with Gasteiger partial charge in [-0.1, -0.05) is 26.7 Å². The third-order valence-electron chi connectivity index (χ3n) is 4.14. The van der Waals surface area contributed by atoms with Gasteiger partial charge < -0.3 is 15.0 Å². The van der Waals surface area contributed by atoms with Crippen LogP contribution in [0.3, 0.4) is 0 Å². The van der Waals surface area contributed by atoms with E-state index in [1.54, 1.807) is 0 Å². The number of amides is 1. The van der Waals surface area contributed by atoms with Crippen molar-refractivity contribution in [2.45, 2.75) is 84.8 Å². The summed E-state index contributed by atoms with van der Waals surface area (Å²) in [7, 11) is 0. The van der Waals surface area contributed by atoms with Crippen LogP contribution in [0.4, 0.5) is 4.79 Å². The lowest BCUT2D eigenvalue weighted by Crippen LogP contribution is -2.46. The summed E-state index contributed by atoms with van der Waals surface area (Å²) in [6.45, 7) is 12.9. The van der Waals surface area contributed by atoms with Gasteiger partial charge in [-0.15, -0.1) is 0 Å². The summed E-state index contributed by atoms with van der Waals surface area (Å²) in [6, 6.07) is 0.631. The number of rotatable bonds is 7. The van der Waals surface area contributed by atoms with E-state index in [2.05, 4.69) is 19.2 Å². The molecule has 1 unspecified atom stereocenters. The number of carbonyl (C=O) groups excluding carboxylic acids is 1. The SMILES string of the molecule is CCCC(CCC)NCC1CCCN(C(=O)OC(C)(C)C)C1. The summed E-state index contributed by atoms with van der Waals surface area (Å²) >= 11 is 0. The van der Waals surface area contributed by atoms with E-state index in [1.165, 1.54) is 32.1 Å². The highest BCUT2D eigenvalue weighted by Gasteiger charge is 2.27. The second-order valence-electron chi connectivity index (χ2n) is 7.62. The van der Waals surface area contributed by atoms with Crippen LogP contribution >= 0.6 is 0 Å². The fourth-order valence-corrected chi connectivity index (χ4v) is 3.10. The summed E-state index contributed by atoms with van der Waals surface area (Å²) in [5.41, 5.74) is -0.407. The van der Waals surface area contributed by atoms with E-state index in [0.29, 0.717) is 12.0 Å². The Bertz CT molecular complexity index is 320. The standard InChI is InChI=1S/C18H36N2O2/c1-6-9-16(10-7-2)19-13-15-11-8-12-20(14-15)17(21)22-18(3,4)5/h15-16,19H,6-14H2,1-5H3. The van der Waals surface area contributed by atoms with Crippen molar-refractivity contribution in [1.82, 2.24) is 10.2 Å². The van der Waals surface area contributed by atoms with E-state index >= 15 is 0 Å². The molecule has 0 saturated carbocycles. The molecule has 1 atom stereocenters. The molecule has 0 bridgehead atoms. The number of nitrogens with one attached hydrogen (secondary N) is 1. The smallest absolute Gasteiger partial charge is 0.410 e. The fraction of sp³-hybridized carbons (Fsp3) is 0.944. The van der Waals surface area contributed by atoms with Crippen LogP contribution in [0.1, 0.15) is 73.1 Å². The summed E-state index contributed by atoms with van der Waals surface area (Å²) in [4.78, 5) is 14.1. The predicted molar refractivity (Wildman–Crippen MR) is 92.1 cm³/mol. The summed E-state index contributed by atoms with van der Waals surface area (Å²) in [5.74, 6) is 0.553. The van der Waals surface area contributed by atoms with Crippen molar-refractivity contribution >= 4 is 6.09 Å². The zero-order valence-corrected chi connectivity index (χ0v) is 15.3. The summed E-state index contributed by atoms with van der Waals surface area (Å²) in [6.07, 6.45) is 7.08. The maximum atomic E-state index is 12.2. The summed E-state index contributed by atoms with van der Waals surface area (Å²) in [5, 5.41) is 3.72. The predicted octanol–water partition coefficient (Wildman–Crippen LogP) is 4.19. The first-order chi connectivity index (χ1) is 10.4. The maximum absolute atomic E-state index is 12.2. The average molecular weight is 312 g/mol. The highest BCUT2D eigenvalue weighted by Crippen LogP contribution is 2.19. The van der Waals surface area contributed by atoms with E-state index in [4.69, 9.17) is 4.74 Å². The Morgan fingerprint density at radius 1 is 1.27 bits per heavy atom. The minimum atomic E-state index is -0.407. The molecule has 1 fully saturated rings. The Labute approximate surface area is 137 Å². The van der Waals surface area contributed by atoms with Crippen LogP contribution in [0, 0.1) is 5.92 Å². The molecule has 1 N–H and O–H groups in total. The van der Waals surface area contributed by atoms with Crippen molar-refractivity contribution in [3.05, 3.63) is 0 Å². The monoisotopic (exact) mass is 312 g/mol. The molecule has 4 nitrogen and oxygen atoms in total. The van der Waals surface area contributed by atoms with E-state index < -0.39 is 5.60 Å². The van der Waals surface area contributed by atoms with Gasteiger partial charge in [-0.3, -0.25) is 0 Å². The normalized spacial score (nSPS) is 19.5. The van der Waals surface area contributed by atoms with Crippen molar-refractivity contribution in [3.8, 4) is 0 Å². The molecule has 1 saturated heterocycles. The molecule has 130 valence electrons. The van der Waals surface area contributed by atoms with Gasteiger partial charge in [0.25, 0.3) is 0 Å². The zero-order chi connectivity index (χ0) is 16.6. The van der Waals surface area contributed by atoms with Crippen molar-refractivity contribution in [2.24, 2.45) is 5.92 Å². The van der Waals surface area contributed by atoms with E-state index in [9.17, 15) is 4.79 Å². The van der Waals surface area contributed by atoms with E-state index in [-0.39, 0.29) is 6.09 Å². The second kappa shape index (κ2) is 9.39. The minimum absolute atomic E-state index is 0.157. The van der Waals surface area contributed by atoms with Crippen LogP contribution in [0.2, 0.25) is 0 Å². The Morgan fingerprint density at radius 3 is 2.45 bits per heavy atom. The number of piperidine rings is 1. The molecular formula is C18H36N2O2. The van der Waals surface area contributed by atoms with Gasteiger partial charge in [0.2, 0.25) is 0 Å². The van der Waals surface area contributed by atoms with Gasteiger partial charge in [-0.25, -0.2) is 4.79 Å². The van der Waals surface area contributed by atoms with Gasteiger partial charge in [0, 0.05) is 19.1 Å². The number of hydrogen-bond acceptors (Lipinski definition) is 3. The molecular weight excluding hydrogens is 276 g/mol. The van der Waals surface area contributed by atoms with Crippen LogP contribution in [0.15, 0.2) is 0 Å². The Hall–Kier alpha value is -0.770. The quantitative estimate of drug-likeness (QED) is 0.766. The van der Waals surface area contributed by atoms with Crippen LogP contribution in [-0.4, -0.2) is 42.3 Å². The molecule has 1 heterocycles. The molecule has 0 radical (unpaired) electrons. The number of likely N-dealkylation sites (tertiary alicyclic amines) is 1. The van der Waals surface area contributed by atoms with Gasteiger partial charge in [-0.2, -0.15) is 0 Å². The lowest BCUT2D eigenvalue weighted by Gasteiger charge is -2.35. The van der Waals surface area contributed by atoms with Gasteiger partial charge in [0.15, 0.2) is 0 Å². The van der Waals surface area contributed by atoms with E-state index in [1.807, 2.05) is 25.7 Å². The number of hydrogen-bond donors (Lipinski definition) is 1. The zero-order valence-electron chi connectivity index (χ0n) is 15.3. The second-order valence-corrected chi connectivity index (χ2v) is 7.62. The number of carbonyl (C=O) groups is 1. The third-order valence-corrected chi connectivity index (χ3v) is 4.14. The van der Waals surface area contributed by atoms with Crippen LogP contribution in [0.5, 0.6) is 0 Å². The van der Waals surface area contributed by atoms with Crippen LogP contribution in [-0.2, 0) is 4.74 Å². The van der Waals surface area contributed by atoms with Crippen LogP contribution in [0.25, 0.3) is 0 Å². The molecule has 0 aromatic heterocycles. The molecule has 0 spiro atoms. The lowest BCUT2D eigenvalue weighted by atomic mass is 9.97. The molecule has 0 aromatic carbocycles. The molecule has 0 aliphatic carbocycles. The highest BCUT2D eigenvalue weighted by atomic mass is 16.6. The molecule has 4 heteroatoms. The Balaban J connectivity index is 2.40. The molecule has 1 amide bonds.